The summed E-state index contributed by atoms with van der Waals surface area (Å²) in [7, 11) is -10.4. The summed E-state index contributed by atoms with van der Waals surface area (Å²) in [6.07, 6.45) is 4.77. The number of benzene rings is 3. The molecule has 0 aliphatic carbocycles. The van der Waals surface area contributed by atoms with Crippen LogP contribution in [0.25, 0.3) is 5.57 Å². The summed E-state index contributed by atoms with van der Waals surface area (Å²) < 4.78 is 82.8. The third-order valence-electron chi connectivity index (χ3n) is 10.9. The van der Waals surface area contributed by atoms with E-state index in [1.807, 2.05) is 41.5 Å². The molecule has 2 unspecified atom stereocenters. The number of amides is 1. The van der Waals surface area contributed by atoms with E-state index in [9.17, 15) is 40.6 Å². The predicted molar refractivity (Wildman–Crippen MR) is 228 cm³/mol. The number of aromatic carboxylic acids is 1. The fourth-order valence-electron chi connectivity index (χ4n) is 8.64. The summed E-state index contributed by atoms with van der Waals surface area (Å²) in [4.78, 5) is 28.1. The number of fused-ring (bicyclic) bond motifs is 4. The minimum Gasteiger partial charge on any atom is -0.478 e. The Morgan fingerprint density at radius 1 is 0.915 bits per heavy atom. The van der Waals surface area contributed by atoms with Gasteiger partial charge in [0.15, 0.2) is 21.9 Å². The van der Waals surface area contributed by atoms with Gasteiger partial charge in [-0.15, -0.1) is 11.8 Å². The van der Waals surface area contributed by atoms with Crippen molar-refractivity contribution in [3.8, 4) is 11.5 Å². The Labute approximate surface area is 362 Å². The number of anilines is 1. The Bertz CT molecular complexity index is 2670. The van der Waals surface area contributed by atoms with Crippen molar-refractivity contribution in [2.45, 2.75) is 125 Å². The standard InChI is InChI=1S/C40H46Cl3N3O10S3/c1-8-9-10-11-12-44-24(47)17-57-35-29(42)26(27(38(48)49)28(41)30(35)43)25-22-13-20-18(2)15-39(4,5)45-31(20)36(58(50,51)52)33(22)56-34-23(25)14-21-19(3)16-40(6,7)46-32(21)37(34)59(53,54)55/h13-14,18-19,45H,8-12,15-17H2,1-7H3,(H,44,47)(H,48,49)(H,50,51,52)(H,53,54,55)/p+1. The maximum absolute atomic E-state index is 13.6. The summed E-state index contributed by atoms with van der Waals surface area (Å²) in [5.74, 6) is -3.94. The van der Waals surface area contributed by atoms with E-state index in [0.717, 1.165) is 37.4 Å². The lowest BCUT2D eigenvalue weighted by Gasteiger charge is -2.39. The average Bonchev–Trinajstić information content (AvgIpc) is 3.08. The lowest BCUT2D eigenvalue weighted by atomic mass is 9.79. The number of thioether (sulfide) groups is 1. The Kier molecular flexibility index (Phi) is 12.6. The van der Waals surface area contributed by atoms with Crippen molar-refractivity contribution in [3.05, 3.63) is 65.6 Å². The van der Waals surface area contributed by atoms with Crippen molar-refractivity contribution in [2.75, 3.05) is 17.6 Å². The van der Waals surface area contributed by atoms with E-state index in [-0.39, 0.29) is 71.4 Å². The van der Waals surface area contributed by atoms with E-state index in [2.05, 4.69) is 22.5 Å². The molecule has 6 rings (SSSR count). The summed E-state index contributed by atoms with van der Waals surface area (Å²) in [6, 6.07) is 3.18. The molecule has 0 bridgehead atoms. The fourth-order valence-corrected chi connectivity index (χ4v) is 12.3. The van der Waals surface area contributed by atoms with Crippen molar-refractivity contribution in [1.82, 2.24) is 5.32 Å². The highest BCUT2D eigenvalue weighted by Gasteiger charge is 2.44. The van der Waals surface area contributed by atoms with Crippen LogP contribution in [-0.4, -0.2) is 66.3 Å². The van der Waals surface area contributed by atoms with Gasteiger partial charge < -0.3 is 20.5 Å². The van der Waals surface area contributed by atoms with Crippen LogP contribution in [0.3, 0.4) is 0 Å². The number of carbonyl (C=O) groups is 2. The van der Waals surface area contributed by atoms with Gasteiger partial charge in [-0.1, -0.05) is 74.8 Å². The van der Waals surface area contributed by atoms with E-state index < -0.39 is 69.2 Å². The largest absolute Gasteiger partial charge is 0.478 e. The summed E-state index contributed by atoms with van der Waals surface area (Å²) >= 11 is 21.7. The van der Waals surface area contributed by atoms with E-state index >= 15 is 0 Å². The number of carbonyl (C=O) groups excluding carboxylic acids is 1. The molecule has 1 amide bonds. The van der Waals surface area contributed by atoms with Gasteiger partial charge in [-0.25, -0.2) is 9.79 Å². The first kappa shape index (κ1) is 45.4. The first-order valence-corrected chi connectivity index (χ1v) is 24.1. The highest BCUT2D eigenvalue weighted by molar-refractivity contribution is 8.00. The van der Waals surface area contributed by atoms with Crippen molar-refractivity contribution in [2.24, 2.45) is 0 Å². The Hall–Kier alpha value is -3.09. The number of rotatable bonds is 12. The number of carboxylic acid groups (broad SMARTS) is 1. The molecule has 2 atom stereocenters. The number of ether oxygens (including phenoxy) is 1. The van der Waals surface area contributed by atoms with Gasteiger partial charge in [-0.2, -0.15) is 16.8 Å². The molecule has 0 saturated heterocycles. The minimum atomic E-state index is -5.22. The molecular weight excluding hydrogens is 885 g/mol. The molecule has 320 valence electrons. The molecule has 3 aliphatic rings. The van der Waals surface area contributed by atoms with Gasteiger partial charge in [0.2, 0.25) is 16.2 Å². The van der Waals surface area contributed by atoms with E-state index in [4.69, 9.17) is 39.5 Å². The molecule has 3 heterocycles. The minimum absolute atomic E-state index is 0.00677. The molecule has 59 heavy (non-hydrogen) atoms. The third-order valence-corrected chi connectivity index (χ3v) is 15.2. The van der Waals surface area contributed by atoms with Crippen LogP contribution in [0.4, 0.5) is 5.69 Å². The van der Waals surface area contributed by atoms with Gasteiger partial charge >= 0.3 is 16.1 Å². The molecule has 3 aromatic carbocycles. The Morgan fingerprint density at radius 2 is 1.56 bits per heavy atom. The highest BCUT2D eigenvalue weighted by Crippen LogP contribution is 2.54. The molecular formula is C40H47Cl3N3O10S3+. The molecule has 13 nitrogen and oxygen atoms in total. The Balaban J connectivity index is 1.80. The molecule has 0 spiro atoms. The fraction of sp³-hybridized carbons (Fsp3) is 0.475. The number of unbranched alkanes of at least 4 members (excludes halogenated alkanes) is 3. The van der Waals surface area contributed by atoms with Crippen LogP contribution in [-0.2, 0) is 25.0 Å². The molecule has 3 aromatic rings. The lowest BCUT2D eigenvalue weighted by molar-refractivity contribution is -0.590. The van der Waals surface area contributed by atoms with Gasteiger partial charge in [0, 0.05) is 50.9 Å². The first-order chi connectivity index (χ1) is 27.3. The first-order valence-electron chi connectivity index (χ1n) is 19.1. The van der Waals surface area contributed by atoms with E-state index in [0.29, 0.717) is 30.5 Å². The SMILES string of the molecule is CCCCCCNC(=O)CSc1c(Cl)c(Cl)c(C(=O)O)c(C2=c3cc4c(c(S(=O)(=O)O)c3Oc3c2cc2c(c3S(=O)(=O)O)NC(C)(C)CC2C)=[NH+]C(C)(C)CC4C)c1Cl. The quantitative estimate of drug-likeness (QED) is 0.0381. The molecule has 0 fully saturated rings. The molecule has 19 heteroatoms. The zero-order valence-electron chi connectivity index (χ0n) is 33.5. The zero-order valence-corrected chi connectivity index (χ0v) is 38.2. The molecule has 0 radical (unpaired) electrons. The summed E-state index contributed by atoms with van der Waals surface area (Å²) in [5.41, 5.74) is -1.66. The summed E-state index contributed by atoms with van der Waals surface area (Å²) in [5, 5.41) is 15.8. The second-order valence-corrected chi connectivity index (χ2v) is 21.6. The number of halogens is 3. The topological polar surface area (TPSA) is 210 Å². The predicted octanol–water partition coefficient (Wildman–Crippen LogP) is 6.66. The number of carboxylic acids is 1. The van der Waals surface area contributed by atoms with Crippen molar-refractivity contribution < 1.29 is 50.4 Å². The lowest BCUT2D eigenvalue weighted by Crippen LogP contribution is -2.91. The van der Waals surface area contributed by atoms with Gasteiger partial charge in [-0.05, 0) is 70.1 Å². The zero-order chi connectivity index (χ0) is 43.7. The van der Waals surface area contributed by atoms with Gasteiger partial charge in [0.1, 0.15) is 0 Å². The van der Waals surface area contributed by atoms with Crippen LogP contribution in [0.1, 0.15) is 131 Å². The second kappa shape index (κ2) is 16.3. The highest BCUT2D eigenvalue weighted by atomic mass is 35.5. The number of hydrogen-bond donors (Lipinski definition) is 6. The van der Waals surface area contributed by atoms with Crippen molar-refractivity contribution >= 4 is 89.9 Å². The monoisotopic (exact) mass is 930 g/mol. The number of hydrogen-bond acceptors (Lipinski definition) is 9. The summed E-state index contributed by atoms with van der Waals surface area (Å²) in [6.45, 7) is 13.6. The number of nitrogens with one attached hydrogen (secondary N) is 3. The van der Waals surface area contributed by atoms with Gasteiger partial charge in [0.25, 0.3) is 10.1 Å². The molecule has 0 aromatic heterocycles. The van der Waals surface area contributed by atoms with Crippen LogP contribution < -0.4 is 30.9 Å². The maximum Gasteiger partial charge on any atom is 0.337 e. The van der Waals surface area contributed by atoms with Crippen molar-refractivity contribution in [1.29, 1.82) is 0 Å². The third kappa shape index (κ3) is 8.70. The maximum atomic E-state index is 13.6. The van der Waals surface area contributed by atoms with Crippen LogP contribution in [0.5, 0.6) is 11.5 Å². The normalized spacial score (nSPS) is 18.9. The van der Waals surface area contributed by atoms with Crippen LogP contribution in [0.2, 0.25) is 15.1 Å². The van der Waals surface area contributed by atoms with Crippen molar-refractivity contribution in [3.63, 3.8) is 0 Å². The van der Waals surface area contributed by atoms with E-state index in [1.165, 1.54) is 0 Å². The molecule has 3 aliphatic heterocycles. The smallest absolute Gasteiger partial charge is 0.337 e. The van der Waals surface area contributed by atoms with Gasteiger partial charge in [0.05, 0.1) is 32.1 Å². The van der Waals surface area contributed by atoms with Crippen LogP contribution in [0, 0.1) is 0 Å². The second-order valence-electron chi connectivity index (χ2n) is 16.8. The molecule has 6 N–H and O–H groups in total. The van der Waals surface area contributed by atoms with Crippen LogP contribution >= 0.6 is 46.6 Å². The average molecular weight is 932 g/mol. The van der Waals surface area contributed by atoms with Crippen LogP contribution in [0.15, 0.2) is 26.8 Å². The molecule has 0 saturated carbocycles. The van der Waals surface area contributed by atoms with Gasteiger partial charge in [-0.3, -0.25) is 13.9 Å². The Morgan fingerprint density at radius 3 is 2.17 bits per heavy atom. The van der Waals surface area contributed by atoms with E-state index in [1.54, 1.807) is 12.1 Å².